The number of halogens is 1. The predicted octanol–water partition coefficient (Wildman–Crippen LogP) is 0.841. The number of benzene rings is 1. The molecule has 0 bridgehead atoms. The third kappa shape index (κ3) is 5.56. The Bertz CT molecular complexity index is 1060. The summed E-state index contributed by atoms with van der Waals surface area (Å²) in [6, 6.07) is 3.32. The SMILES string of the molecule is NC(=NCC(=O)Nc1ccc(N(c2scnc2C(=O)O)S(=O)O)cc1F)N1CCOCC1. The van der Waals surface area contributed by atoms with Crippen LogP contribution in [0.1, 0.15) is 10.5 Å². The summed E-state index contributed by atoms with van der Waals surface area (Å²) in [5.74, 6) is -2.75. The summed E-state index contributed by atoms with van der Waals surface area (Å²) in [6.45, 7) is 1.79. The fourth-order valence-corrected chi connectivity index (χ4v) is 4.33. The van der Waals surface area contributed by atoms with E-state index in [1.54, 1.807) is 4.90 Å². The van der Waals surface area contributed by atoms with Crippen LogP contribution in [-0.2, 0) is 20.8 Å². The van der Waals surface area contributed by atoms with E-state index in [4.69, 9.17) is 10.5 Å². The Balaban J connectivity index is 1.72. The molecule has 12 nitrogen and oxygen atoms in total. The lowest BCUT2D eigenvalue weighted by molar-refractivity contribution is -0.114. The molecule has 1 aromatic carbocycles. The highest BCUT2D eigenvalue weighted by Crippen LogP contribution is 2.34. The van der Waals surface area contributed by atoms with Gasteiger partial charge < -0.3 is 25.8 Å². The highest BCUT2D eigenvalue weighted by Gasteiger charge is 2.25. The van der Waals surface area contributed by atoms with Gasteiger partial charge in [-0.15, -0.1) is 11.3 Å². The number of rotatable bonds is 7. The van der Waals surface area contributed by atoms with E-state index in [0.29, 0.717) is 30.6 Å². The van der Waals surface area contributed by atoms with E-state index >= 15 is 0 Å². The van der Waals surface area contributed by atoms with Gasteiger partial charge >= 0.3 is 5.97 Å². The molecule has 1 aromatic heterocycles. The summed E-state index contributed by atoms with van der Waals surface area (Å²) in [6.07, 6.45) is 0. The van der Waals surface area contributed by atoms with Crippen molar-refractivity contribution < 1.29 is 32.6 Å². The van der Waals surface area contributed by atoms with Gasteiger partial charge in [-0.2, -0.15) is 0 Å². The Morgan fingerprint density at radius 2 is 2.12 bits per heavy atom. The molecular formula is C17H19FN6O6S2. The third-order valence-electron chi connectivity index (χ3n) is 4.27. The number of carbonyl (C=O) groups is 2. The molecule has 1 aliphatic rings. The number of thiazole rings is 1. The Morgan fingerprint density at radius 3 is 2.75 bits per heavy atom. The smallest absolute Gasteiger partial charge is 0.357 e. The van der Waals surface area contributed by atoms with Crippen LogP contribution in [0.15, 0.2) is 28.7 Å². The number of ether oxygens (including phenoxy) is 1. The van der Waals surface area contributed by atoms with Crippen LogP contribution >= 0.6 is 11.3 Å². The summed E-state index contributed by atoms with van der Waals surface area (Å²) >= 11 is -1.90. The Morgan fingerprint density at radius 1 is 1.41 bits per heavy atom. The van der Waals surface area contributed by atoms with E-state index in [9.17, 15) is 27.8 Å². The predicted molar refractivity (Wildman–Crippen MR) is 116 cm³/mol. The number of aliphatic imine (C=N–C) groups is 1. The first-order valence-corrected chi connectivity index (χ1v) is 11.0. The molecule has 0 saturated carbocycles. The van der Waals surface area contributed by atoms with Gasteiger partial charge in [0.05, 0.1) is 30.1 Å². The van der Waals surface area contributed by atoms with E-state index in [1.807, 2.05) is 0 Å². The number of amides is 1. The number of aromatic nitrogens is 1. The van der Waals surface area contributed by atoms with Crippen molar-refractivity contribution in [1.29, 1.82) is 0 Å². The normalized spacial score (nSPS) is 15.3. The minimum absolute atomic E-state index is 0.109. The second-order valence-corrected chi connectivity index (χ2v) is 7.98. The highest BCUT2D eigenvalue weighted by molar-refractivity contribution is 7.81. The second-order valence-electron chi connectivity index (χ2n) is 6.32. The minimum Gasteiger partial charge on any atom is -0.476 e. The lowest BCUT2D eigenvalue weighted by Crippen LogP contribution is -2.45. The summed E-state index contributed by atoms with van der Waals surface area (Å²) in [5.41, 5.74) is 6.28. The molecule has 1 fully saturated rings. The van der Waals surface area contributed by atoms with E-state index in [2.05, 4.69) is 15.3 Å². The van der Waals surface area contributed by atoms with Crippen LogP contribution in [0, 0.1) is 5.82 Å². The van der Waals surface area contributed by atoms with E-state index in [0.717, 1.165) is 17.4 Å². The van der Waals surface area contributed by atoms with Gasteiger partial charge in [0.1, 0.15) is 17.4 Å². The molecule has 1 unspecified atom stereocenters. The van der Waals surface area contributed by atoms with Crippen molar-refractivity contribution >= 4 is 56.8 Å². The molecule has 1 saturated heterocycles. The van der Waals surface area contributed by atoms with Gasteiger partial charge in [-0.3, -0.25) is 9.35 Å². The van der Waals surface area contributed by atoms with Gasteiger partial charge in [0.25, 0.3) is 11.3 Å². The molecule has 32 heavy (non-hydrogen) atoms. The maximum atomic E-state index is 14.6. The number of hydrogen-bond donors (Lipinski definition) is 4. The largest absolute Gasteiger partial charge is 0.476 e. The molecule has 1 atom stereocenters. The lowest BCUT2D eigenvalue weighted by Gasteiger charge is -2.27. The van der Waals surface area contributed by atoms with Gasteiger partial charge in [0.2, 0.25) is 5.91 Å². The van der Waals surface area contributed by atoms with Gasteiger partial charge in [0.15, 0.2) is 11.7 Å². The number of guanidine groups is 1. The average molecular weight is 487 g/mol. The molecule has 2 heterocycles. The maximum Gasteiger partial charge on any atom is 0.357 e. The van der Waals surface area contributed by atoms with E-state index in [1.165, 1.54) is 17.6 Å². The minimum atomic E-state index is -2.71. The van der Waals surface area contributed by atoms with Crippen LogP contribution in [0.4, 0.5) is 20.8 Å². The van der Waals surface area contributed by atoms with Crippen molar-refractivity contribution in [3.05, 3.63) is 35.2 Å². The monoisotopic (exact) mass is 486 g/mol. The average Bonchev–Trinajstić information content (AvgIpc) is 3.24. The molecule has 15 heteroatoms. The Hall–Kier alpha value is -3.14. The van der Waals surface area contributed by atoms with Crippen molar-refractivity contribution in [1.82, 2.24) is 9.88 Å². The van der Waals surface area contributed by atoms with Crippen LogP contribution in [0.5, 0.6) is 0 Å². The molecule has 172 valence electrons. The quantitative estimate of drug-likeness (QED) is 0.251. The van der Waals surface area contributed by atoms with Gasteiger partial charge in [-0.05, 0) is 12.1 Å². The molecule has 3 rings (SSSR count). The summed E-state index contributed by atoms with van der Waals surface area (Å²) in [4.78, 5) is 32.8. The molecule has 0 radical (unpaired) electrons. The van der Waals surface area contributed by atoms with E-state index < -0.39 is 34.7 Å². The molecule has 1 amide bonds. The second kappa shape index (κ2) is 10.4. The molecule has 2 aromatic rings. The van der Waals surface area contributed by atoms with Gasteiger partial charge in [0, 0.05) is 19.2 Å². The van der Waals surface area contributed by atoms with Crippen LogP contribution in [0.2, 0.25) is 0 Å². The number of nitrogens with zero attached hydrogens (tertiary/aromatic N) is 4. The fourth-order valence-electron chi connectivity index (χ4n) is 2.78. The van der Waals surface area contributed by atoms with Crippen molar-refractivity contribution in [3.8, 4) is 0 Å². The zero-order valence-electron chi connectivity index (χ0n) is 16.4. The number of nitrogens with one attached hydrogen (secondary N) is 1. The van der Waals surface area contributed by atoms with Crippen molar-refractivity contribution in [3.63, 3.8) is 0 Å². The summed E-state index contributed by atoms with van der Waals surface area (Å²) in [5, 5.41) is 11.4. The number of aromatic carboxylic acids is 1. The molecule has 1 aliphatic heterocycles. The van der Waals surface area contributed by atoms with E-state index in [-0.39, 0.29) is 28.9 Å². The van der Waals surface area contributed by atoms with Gasteiger partial charge in [-0.1, -0.05) is 0 Å². The summed E-state index contributed by atoms with van der Waals surface area (Å²) < 4.78 is 42.0. The molecular weight excluding hydrogens is 467 g/mol. The zero-order chi connectivity index (χ0) is 23.3. The van der Waals surface area contributed by atoms with Crippen LogP contribution in [0.25, 0.3) is 0 Å². The van der Waals surface area contributed by atoms with Crippen molar-refractivity contribution in [2.75, 3.05) is 42.5 Å². The van der Waals surface area contributed by atoms with Crippen LogP contribution in [0.3, 0.4) is 0 Å². The zero-order valence-corrected chi connectivity index (χ0v) is 18.1. The van der Waals surface area contributed by atoms with Crippen molar-refractivity contribution in [2.24, 2.45) is 10.7 Å². The number of morpholine rings is 1. The molecule has 0 aliphatic carbocycles. The molecule has 0 spiro atoms. The number of carbonyl (C=O) groups excluding carboxylic acids is 1. The number of nitrogens with two attached hydrogens (primary N) is 1. The highest BCUT2D eigenvalue weighted by atomic mass is 32.2. The standard InChI is InChI=1S/C17H19FN6O6S2/c18-11-7-10(24(32(28)29)15-14(16(26)27)21-9-31-15)1-2-12(11)22-13(25)8-20-17(19)23-3-5-30-6-4-23/h1-2,7,9H,3-6,8H2,(H2,19,20)(H,22,25)(H,26,27)(H,28,29). The first-order chi connectivity index (χ1) is 15.3. The van der Waals surface area contributed by atoms with Crippen LogP contribution < -0.4 is 15.4 Å². The number of anilines is 3. The Labute approximate surface area is 187 Å². The topological polar surface area (TPSA) is 171 Å². The molecule has 5 N–H and O–H groups in total. The first-order valence-electron chi connectivity index (χ1n) is 9.08. The summed E-state index contributed by atoms with van der Waals surface area (Å²) in [7, 11) is 0. The number of carboxylic acids is 1. The number of carboxylic acid groups (broad SMARTS) is 1. The Kier molecular flexibility index (Phi) is 7.68. The van der Waals surface area contributed by atoms with Crippen LogP contribution in [-0.4, -0.2) is 74.4 Å². The fraction of sp³-hybridized carbons (Fsp3) is 0.294. The van der Waals surface area contributed by atoms with Gasteiger partial charge in [-0.25, -0.2) is 27.7 Å². The van der Waals surface area contributed by atoms with Crippen molar-refractivity contribution in [2.45, 2.75) is 0 Å². The lowest BCUT2D eigenvalue weighted by atomic mass is 10.2. The first kappa shape index (κ1) is 23.5. The third-order valence-corrected chi connectivity index (χ3v) is 5.90. The number of hydrogen-bond acceptors (Lipinski definition) is 7. The maximum absolute atomic E-state index is 14.6.